The van der Waals surface area contributed by atoms with Crippen molar-refractivity contribution in [2.75, 3.05) is 0 Å². The van der Waals surface area contributed by atoms with Crippen LogP contribution in [0.25, 0.3) is 0 Å². The summed E-state index contributed by atoms with van der Waals surface area (Å²) < 4.78 is 0. The molecule has 0 radical (unpaired) electrons. The first kappa shape index (κ1) is 11.3. The second-order valence-corrected chi connectivity index (χ2v) is 4.79. The minimum Gasteiger partial charge on any atom is -0.386 e. The maximum absolute atomic E-state index is 9.84. The zero-order valence-electron chi connectivity index (χ0n) is 9.76. The van der Waals surface area contributed by atoms with Gasteiger partial charge in [-0.1, -0.05) is 32.0 Å². The zero-order valence-corrected chi connectivity index (χ0v) is 9.76. The summed E-state index contributed by atoms with van der Waals surface area (Å²) in [5, 5.41) is 9.84. The van der Waals surface area contributed by atoms with Crippen molar-refractivity contribution >= 4 is 0 Å². The number of rotatable bonds is 2. The molecule has 0 atom stereocenters. The molecular weight excluding hydrogens is 172 g/mol. The molecule has 0 spiro atoms. The molecule has 0 amide bonds. The molecule has 78 valence electrons. The fourth-order valence-electron chi connectivity index (χ4n) is 1.70. The first-order valence-corrected chi connectivity index (χ1v) is 5.16. The number of aliphatic hydroxyl groups is 1. The summed E-state index contributed by atoms with van der Waals surface area (Å²) in [4.78, 5) is 0. The van der Waals surface area contributed by atoms with E-state index in [1.54, 1.807) is 0 Å². The zero-order chi connectivity index (χ0) is 10.9. The molecule has 0 saturated carbocycles. The molecule has 1 aromatic carbocycles. The lowest BCUT2D eigenvalue weighted by Gasteiger charge is -2.20. The van der Waals surface area contributed by atoms with Gasteiger partial charge in [0, 0.05) is 0 Å². The van der Waals surface area contributed by atoms with Gasteiger partial charge in [0.1, 0.15) is 0 Å². The van der Waals surface area contributed by atoms with Crippen molar-refractivity contribution in [2.45, 2.75) is 46.1 Å². The molecule has 0 aliphatic heterocycles. The Morgan fingerprint density at radius 2 is 1.79 bits per heavy atom. The van der Waals surface area contributed by atoms with Gasteiger partial charge >= 0.3 is 0 Å². The van der Waals surface area contributed by atoms with Crippen LogP contribution in [0.4, 0.5) is 0 Å². The van der Waals surface area contributed by atoms with Crippen molar-refractivity contribution in [1.29, 1.82) is 0 Å². The predicted molar refractivity (Wildman–Crippen MR) is 60.5 cm³/mol. The van der Waals surface area contributed by atoms with Crippen LogP contribution in [0.2, 0.25) is 0 Å². The first-order chi connectivity index (χ1) is 6.32. The van der Waals surface area contributed by atoms with E-state index in [0.29, 0.717) is 5.92 Å². The highest BCUT2D eigenvalue weighted by Gasteiger charge is 2.16. The van der Waals surface area contributed by atoms with E-state index in [-0.39, 0.29) is 0 Å². The van der Waals surface area contributed by atoms with Crippen molar-refractivity contribution in [2.24, 2.45) is 0 Å². The van der Waals surface area contributed by atoms with E-state index >= 15 is 0 Å². The highest BCUT2D eigenvalue weighted by molar-refractivity contribution is 5.35. The average molecular weight is 192 g/mol. The number of aryl methyl sites for hydroxylation is 1. The Bertz CT molecular complexity index is 318. The van der Waals surface area contributed by atoms with E-state index in [1.165, 1.54) is 11.1 Å². The number of hydrogen-bond acceptors (Lipinski definition) is 1. The van der Waals surface area contributed by atoms with Gasteiger partial charge in [0.25, 0.3) is 0 Å². The number of benzene rings is 1. The summed E-state index contributed by atoms with van der Waals surface area (Å²) in [6.45, 7) is 10.1. The van der Waals surface area contributed by atoms with Gasteiger partial charge in [0.15, 0.2) is 0 Å². The third-order valence-electron chi connectivity index (χ3n) is 2.60. The average Bonchev–Trinajstić information content (AvgIpc) is 2.01. The lowest BCUT2D eigenvalue weighted by atomic mass is 9.91. The molecule has 0 aliphatic rings. The molecule has 0 saturated heterocycles. The van der Waals surface area contributed by atoms with Gasteiger partial charge in [0.2, 0.25) is 0 Å². The molecule has 1 heteroatoms. The molecule has 1 N–H and O–H groups in total. The van der Waals surface area contributed by atoms with Gasteiger partial charge in [-0.15, -0.1) is 0 Å². The van der Waals surface area contributed by atoms with Crippen LogP contribution >= 0.6 is 0 Å². The van der Waals surface area contributed by atoms with E-state index < -0.39 is 5.60 Å². The van der Waals surface area contributed by atoms with E-state index in [1.807, 2.05) is 19.9 Å². The van der Waals surface area contributed by atoms with Gasteiger partial charge in [0.05, 0.1) is 5.60 Å². The van der Waals surface area contributed by atoms with Crippen LogP contribution < -0.4 is 0 Å². The van der Waals surface area contributed by atoms with Crippen molar-refractivity contribution in [3.8, 4) is 0 Å². The largest absolute Gasteiger partial charge is 0.386 e. The standard InChI is InChI=1S/C13H20O/c1-9(2)12-7-6-11(8-10(12)3)13(4,5)14/h6-9,14H,1-5H3. The fourth-order valence-corrected chi connectivity index (χ4v) is 1.70. The smallest absolute Gasteiger partial charge is 0.0840 e. The van der Waals surface area contributed by atoms with Crippen LogP contribution in [-0.2, 0) is 5.60 Å². The van der Waals surface area contributed by atoms with Gasteiger partial charge in [-0.2, -0.15) is 0 Å². The van der Waals surface area contributed by atoms with Crippen LogP contribution in [0.15, 0.2) is 18.2 Å². The van der Waals surface area contributed by atoms with Crippen molar-refractivity contribution in [1.82, 2.24) is 0 Å². The number of hydrogen-bond donors (Lipinski definition) is 1. The molecule has 1 nitrogen and oxygen atoms in total. The second-order valence-electron chi connectivity index (χ2n) is 4.79. The molecule has 0 aliphatic carbocycles. The molecule has 1 rings (SSSR count). The summed E-state index contributed by atoms with van der Waals surface area (Å²) in [6, 6.07) is 6.21. The van der Waals surface area contributed by atoms with Gasteiger partial charge in [-0.05, 0) is 43.4 Å². The van der Waals surface area contributed by atoms with Crippen LogP contribution in [0, 0.1) is 6.92 Å². The SMILES string of the molecule is Cc1cc(C(C)(C)O)ccc1C(C)C. The minimum absolute atomic E-state index is 0.547. The molecule has 14 heavy (non-hydrogen) atoms. The molecule has 0 aromatic heterocycles. The third-order valence-corrected chi connectivity index (χ3v) is 2.60. The summed E-state index contributed by atoms with van der Waals surface area (Å²) in [5.74, 6) is 0.547. The Kier molecular flexibility index (Phi) is 3.01. The topological polar surface area (TPSA) is 20.2 Å². The minimum atomic E-state index is -0.736. The molecule has 0 bridgehead atoms. The van der Waals surface area contributed by atoms with Crippen LogP contribution in [-0.4, -0.2) is 5.11 Å². The Morgan fingerprint density at radius 1 is 1.21 bits per heavy atom. The molecular formula is C13H20O. The van der Waals surface area contributed by atoms with Crippen LogP contribution in [0.5, 0.6) is 0 Å². The summed E-state index contributed by atoms with van der Waals surface area (Å²) in [7, 11) is 0. The maximum Gasteiger partial charge on any atom is 0.0840 e. The third kappa shape index (κ3) is 2.36. The molecule has 0 fully saturated rings. The second kappa shape index (κ2) is 3.74. The van der Waals surface area contributed by atoms with Crippen molar-refractivity contribution in [3.05, 3.63) is 34.9 Å². The maximum atomic E-state index is 9.84. The molecule has 1 aromatic rings. The van der Waals surface area contributed by atoms with E-state index in [4.69, 9.17) is 0 Å². The summed E-state index contributed by atoms with van der Waals surface area (Å²) >= 11 is 0. The quantitative estimate of drug-likeness (QED) is 0.762. The van der Waals surface area contributed by atoms with Crippen molar-refractivity contribution in [3.63, 3.8) is 0 Å². The van der Waals surface area contributed by atoms with Gasteiger partial charge in [-0.3, -0.25) is 0 Å². The van der Waals surface area contributed by atoms with Crippen LogP contribution in [0.1, 0.15) is 50.3 Å². The summed E-state index contributed by atoms with van der Waals surface area (Å²) in [6.07, 6.45) is 0. The normalized spacial score (nSPS) is 12.2. The van der Waals surface area contributed by atoms with E-state index in [9.17, 15) is 5.11 Å². The highest BCUT2D eigenvalue weighted by atomic mass is 16.3. The Hall–Kier alpha value is -0.820. The molecule has 0 heterocycles. The molecule has 0 unspecified atom stereocenters. The summed E-state index contributed by atoms with van der Waals surface area (Å²) in [5.41, 5.74) is 2.87. The van der Waals surface area contributed by atoms with E-state index in [0.717, 1.165) is 5.56 Å². The lowest BCUT2D eigenvalue weighted by Crippen LogP contribution is -2.15. The Morgan fingerprint density at radius 3 is 2.14 bits per heavy atom. The van der Waals surface area contributed by atoms with Crippen LogP contribution in [0.3, 0.4) is 0 Å². The van der Waals surface area contributed by atoms with Gasteiger partial charge in [-0.25, -0.2) is 0 Å². The predicted octanol–water partition coefficient (Wildman–Crippen LogP) is 3.35. The van der Waals surface area contributed by atoms with Crippen molar-refractivity contribution < 1.29 is 5.11 Å². The Balaban J connectivity index is 3.13. The Labute approximate surface area is 86.8 Å². The van der Waals surface area contributed by atoms with Gasteiger partial charge < -0.3 is 5.11 Å². The fraction of sp³-hybridized carbons (Fsp3) is 0.538. The lowest BCUT2D eigenvalue weighted by molar-refractivity contribution is 0.0785. The highest BCUT2D eigenvalue weighted by Crippen LogP contribution is 2.25. The monoisotopic (exact) mass is 192 g/mol. The van der Waals surface area contributed by atoms with E-state index in [2.05, 4.69) is 32.9 Å². The first-order valence-electron chi connectivity index (χ1n) is 5.16.